The topological polar surface area (TPSA) is 82.9 Å². The number of para-hydroxylation sites is 4. The lowest BCUT2D eigenvalue weighted by atomic mass is 10.2. The van der Waals surface area contributed by atoms with Gasteiger partial charge in [0.2, 0.25) is 5.95 Å². The van der Waals surface area contributed by atoms with Crippen molar-refractivity contribution < 1.29 is 4.74 Å². The molecule has 0 radical (unpaired) electrons. The minimum atomic E-state index is 0.388. The zero-order valence-electron chi connectivity index (χ0n) is 15.4. The van der Waals surface area contributed by atoms with Crippen molar-refractivity contribution in [3.63, 3.8) is 0 Å². The van der Waals surface area contributed by atoms with E-state index in [-0.39, 0.29) is 0 Å². The minimum Gasteiger partial charge on any atom is -0.455 e. The van der Waals surface area contributed by atoms with Gasteiger partial charge in [0.05, 0.1) is 16.9 Å². The number of rotatable bonds is 6. The number of nitrogens with zero attached hydrogens (tertiary/aromatic N) is 3. The molecule has 0 amide bonds. The molecule has 6 nitrogen and oxygen atoms in total. The van der Waals surface area contributed by atoms with Crippen LogP contribution in [-0.2, 0) is 0 Å². The Morgan fingerprint density at radius 1 is 0.759 bits per heavy atom. The summed E-state index contributed by atoms with van der Waals surface area (Å²) < 4.78 is 5.98. The van der Waals surface area contributed by atoms with E-state index >= 15 is 0 Å². The molecule has 0 spiro atoms. The third-order valence-corrected chi connectivity index (χ3v) is 4.07. The van der Waals surface area contributed by atoms with Gasteiger partial charge < -0.3 is 15.4 Å². The van der Waals surface area contributed by atoms with Gasteiger partial charge in [-0.1, -0.05) is 42.5 Å². The van der Waals surface area contributed by atoms with E-state index in [9.17, 15) is 5.26 Å². The van der Waals surface area contributed by atoms with Gasteiger partial charge in [-0.05, 0) is 42.5 Å². The molecule has 140 valence electrons. The number of nitrogens with one attached hydrogen (secondary N) is 2. The Balaban J connectivity index is 1.55. The highest BCUT2D eigenvalue weighted by Gasteiger charge is 2.08. The monoisotopic (exact) mass is 379 g/mol. The Hall–Kier alpha value is -4.37. The molecule has 6 heteroatoms. The molecule has 0 saturated heterocycles. The summed E-state index contributed by atoms with van der Waals surface area (Å²) in [6.45, 7) is 0. The average Bonchev–Trinajstić information content (AvgIpc) is 2.77. The lowest BCUT2D eigenvalue weighted by Crippen LogP contribution is -2.02. The summed E-state index contributed by atoms with van der Waals surface area (Å²) in [5.74, 6) is 2.42. The molecule has 2 N–H and O–H groups in total. The van der Waals surface area contributed by atoms with E-state index in [1.165, 1.54) is 0 Å². The van der Waals surface area contributed by atoms with Crippen LogP contribution >= 0.6 is 0 Å². The number of hydrogen-bond acceptors (Lipinski definition) is 6. The molecule has 0 atom stereocenters. The van der Waals surface area contributed by atoms with Crippen molar-refractivity contribution in [3.05, 3.63) is 96.7 Å². The van der Waals surface area contributed by atoms with Crippen molar-refractivity contribution in [1.29, 1.82) is 5.26 Å². The Bertz CT molecular complexity index is 1160. The molecular weight excluding hydrogens is 362 g/mol. The van der Waals surface area contributed by atoms with Crippen LogP contribution in [-0.4, -0.2) is 9.97 Å². The molecule has 0 unspecified atom stereocenters. The predicted octanol–water partition coefficient (Wildman–Crippen LogP) is 5.63. The van der Waals surface area contributed by atoms with E-state index in [2.05, 4.69) is 26.7 Å². The van der Waals surface area contributed by atoms with Crippen molar-refractivity contribution in [2.45, 2.75) is 0 Å². The van der Waals surface area contributed by atoms with Crippen LogP contribution in [0.25, 0.3) is 0 Å². The molecule has 0 bridgehead atoms. The Kier molecular flexibility index (Phi) is 5.31. The fraction of sp³-hybridized carbons (Fsp3) is 0. The van der Waals surface area contributed by atoms with Crippen LogP contribution in [0, 0.1) is 11.3 Å². The van der Waals surface area contributed by atoms with E-state index < -0.39 is 0 Å². The average molecular weight is 379 g/mol. The SMILES string of the molecule is N#Cc1ccccc1Nc1nccc(Nc2ccccc2Oc2ccccc2)n1. The molecule has 0 aliphatic carbocycles. The maximum Gasteiger partial charge on any atom is 0.229 e. The molecule has 3 aromatic carbocycles. The number of anilines is 4. The predicted molar refractivity (Wildman–Crippen MR) is 113 cm³/mol. The number of benzene rings is 3. The lowest BCUT2D eigenvalue weighted by molar-refractivity contribution is 0.485. The third kappa shape index (κ3) is 4.49. The maximum absolute atomic E-state index is 9.24. The van der Waals surface area contributed by atoms with Crippen LogP contribution in [0.15, 0.2) is 91.1 Å². The first-order valence-corrected chi connectivity index (χ1v) is 9.00. The molecule has 4 rings (SSSR count). The Morgan fingerprint density at radius 3 is 2.31 bits per heavy atom. The van der Waals surface area contributed by atoms with Gasteiger partial charge in [-0.3, -0.25) is 0 Å². The quantitative estimate of drug-likeness (QED) is 0.452. The van der Waals surface area contributed by atoms with Crippen LogP contribution in [0.2, 0.25) is 0 Å². The lowest BCUT2D eigenvalue weighted by Gasteiger charge is -2.13. The van der Waals surface area contributed by atoms with E-state index in [4.69, 9.17) is 4.74 Å². The van der Waals surface area contributed by atoms with E-state index in [1.54, 1.807) is 18.3 Å². The number of hydrogen-bond donors (Lipinski definition) is 2. The van der Waals surface area contributed by atoms with Gasteiger partial charge in [-0.15, -0.1) is 0 Å². The maximum atomic E-state index is 9.24. The molecule has 1 heterocycles. The highest BCUT2D eigenvalue weighted by molar-refractivity contribution is 5.67. The summed E-state index contributed by atoms with van der Waals surface area (Å²) in [5, 5.41) is 15.6. The first kappa shape index (κ1) is 18.0. The number of nitriles is 1. The first-order valence-electron chi connectivity index (χ1n) is 9.00. The molecular formula is C23H17N5O. The smallest absolute Gasteiger partial charge is 0.229 e. The van der Waals surface area contributed by atoms with Gasteiger partial charge in [-0.2, -0.15) is 10.2 Å². The third-order valence-electron chi connectivity index (χ3n) is 4.07. The Labute approximate surface area is 168 Å². The summed E-state index contributed by atoms with van der Waals surface area (Å²) in [6.07, 6.45) is 1.65. The fourth-order valence-corrected chi connectivity index (χ4v) is 2.71. The molecule has 0 fully saturated rings. The van der Waals surface area contributed by atoms with Crippen LogP contribution in [0.5, 0.6) is 11.5 Å². The highest BCUT2D eigenvalue weighted by Crippen LogP contribution is 2.31. The fourth-order valence-electron chi connectivity index (χ4n) is 2.71. The first-order chi connectivity index (χ1) is 14.3. The molecule has 0 aliphatic heterocycles. The molecule has 4 aromatic rings. The van der Waals surface area contributed by atoms with Gasteiger partial charge in [0.1, 0.15) is 17.6 Å². The number of ether oxygens (including phenoxy) is 1. The van der Waals surface area contributed by atoms with Crippen LogP contribution in [0.3, 0.4) is 0 Å². The van der Waals surface area contributed by atoms with Crippen molar-refractivity contribution in [2.75, 3.05) is 10.6 Å². The molecule has 1 aromatic heterocycles. The van der Waals surface area contributed by atoms with Gasteiger partial charge >= 0.3 is 0 Å². The normalized spacial score (nSPS) is 10.0. The van der Waals surface area contributed by atoms with Crippen molar-refractivity contribution >= 4 is 23.1 Å². The molecule has 0 saturated carbocycles. The van der Waals surface area contributed by atoms with Crippen LogP contribution in [0.1, 0.15) is 5.56 Å². The molecule has 29 heavy (non-hydrogen) atoms. The largest absolute Gasteiger partial charge is 0.455 e. The highest BCUT2D eigenvalue weighted by atomic mass is 16.5. The van der Waals surface area contributed by atoms with Gasteiger partial charge in [0.25, 0.3) is 0 Å². The van der Waals surface area contributed by atoms with Gasteiger partial charge in [0, 0.05) is 6.20 Å². The van der Waals surface area contributed by atoms with E-state index in [0.717, 1.165) is 11.4 Å². The zero-order valence-corrected chi connectivity index (χ0v) is 15.4. The summed E-state index contributed by atoms with van der Waals surface area (Å²) in [6, 6.07) is 28.3. The summed E-state index contributed by atoms with van der Waals surface area (Å²) in [5.41, 5.74) is 1.95. The number of aromatic nitrogens is 2. The second-order valence-electron chi connectivity index (χ2n) is 6.08. The van der Waals surface area contributed by atoms with E-state index in [0.29, 0.717) is 28.8 Å². The summed E-state index contributed by atoms with van der Waals surface area (Å²) in [7, 11) is 0. The van der Waals surface area contributed by atoms with Gasteiger partial charge in [-0.25, -0.2) is 4.98 Å². The van der Waals surface area contributed by atoms with Crippen LogP contribution < -0.4 is 15.4 Å². The van der Waals surface area contributed by atoms with Crippen molar-refractivity contribution in [3.8, 4) is 17.6 Å². The van der Waals surface area contributed by atoms with Gasteiger partial charge in [0.15, 0.2) is 5.75 Å². The zero-order chi connectivity index (χ0) is 19.9. The summed E-state index contributed by atoms with van der Waals surface area (Å²) in [4.78, 5) is 8.73. The second-order valence-corrected chi connectivity index (χ2v) is 6.08. The molecule has 0 aliphatic rings. The van der Waals surface area contributed by atoms with E-state index in [1.807, 2.05) is 72.8 Å². The Morgan fingerprint density at radius 2 is 1.48 bits per heavy atom. The van der Waals surface area contributed by atoms with Crippen LogP contribution in [0.4, 0.5) is 23.1 Å². The van der Waals surface area contributed by atoms with Crippen molar-refractivity contribution in [1.82, 2.24) is 9.97 Å². The standard InChI is InChI=1S/C23H17N5O/c24-16-17-8-4-5-11-19(17)27-23-25-15-14-22(28-23)26-20-12-6-7-13-21(20)29-18-9-2-1-3-10-18/h1-15H,(H2,25,26,27,28). The minimum absolute atomic E-state index is 0.388. The second kappa shape index (κ2) is 8.55. The van der Waals surface area contributed by atoms with Crippen molar-refractivity contribution in [2.24, 2.45) is 0 Å². The summed E-state index contributed by atoms with van der Waals surface area (Å²) >= 11 is 0.